The van der Waals surface area contributed by atoms with Crippen molar-refractivity contribution in [2.45, 2.75) is 13.8 Å². The molecule has 0 unspecified atom stereocenters. The lowest BCUT2D eigenvalue weighted by atomic mass is 10.1. The average molecular weight is 272 g/mol. The molecule has 0 saturated heterocycles. The van der Waals surface area contributed by atoms with Gasteiger partial charge in [0.2, 0.25) is 0 Å². The Balaban J connectivity index is 2.99. The molecule has 0 spiro atoms. The summed E-state index contributed by atoms with van der Waals surface area (Å²) in [5.74, 6) is -0.192. The monoisotopic (exact) mass is 271 g/mol. The van der Waals surface area contributed by atoms with Crippen molar-refractivity contribution in [3.63, 3.8) is 0 Å². The molecule has 0 atom stereocenters. The van der Waals surface area contributed by atoms with Crippen LogP contribution in [0.15, 0.2) is 18.2 Å². The van der Waals surface area contributed by atoms with Crippen LogP contribution in [0.5, 0.6) is 0 Å². The van der Waals surface area contributed by atoms with Crippen molar-refractivity contribution in [1.29, 1.82) is 0 Å². The summed E-state index contributed by atoms with van der Waals surface area (Å²) in [5.41, 5.74) is 1.05. The van der Waals surface area contributed by atoms with E-state index in [2.05, 4.69) is 10.1 Å². The van der Waals surface area contributed by atoms with E-state index < -0.39 is 5.97 Å². The maximum Gasteiger partial charge on any atom is 0.337 e. The molecule has 17 heavy (non-hydrogen) atoms. The summed E-state index contributed by atoms with van der Waals surface area (Å²) < 4.78 is 4.64. The summed E-state index contributed by atoms with van der Waals surface area (Å²) >= 11 is 11.2. The minimum Gasteiger partial charge on any atom is -0.465 e. The topological polar surface area (TPSA) is 38.3 Å². The molecule has 0 amide bonds. The minimum absolute atomic E-state index is 0.211. The molecule has 3 nitrogen and oxygen atoms in total. The number of ether oxygens (including phenoxy) is 1. The van der Waals surface area contributed by atoms with Crippen LogP contribution in [0.1, 0.15) is 24.2 Å². The Kier molecular flexibility index (Phi) is 4.90. The number of methoxy groups -OCH3 is 1. The van der Waals surface area contributed by atoms with Crippen molar-refractivity contribution in [2.75, 3.05) is 12.4 Å². The lowest BCUT2D eigenvalue weighted by Crippen LogP contribution is -2.16. The van der Waals surface area contributed by atoms with Crippen molar-refractivity contribution < 1.29 is 9.53 Å². The van der Waals surface area contributed by atoms with Gasteiger partial charge in [-0.2, -0.15) is 0 Å². The molecular formula is C12H14ClNO2S. The van der Waals surface area contributed by atoms with Crippen LogP contribution in [-0.2, 0) is 4.74 Å². The van der Waals surface area contributed by atoms with E-state index in [1.54, 1.807) is 18.2 Å². The highest BCUT2D eigenvalue weighted by Gasteiger charge is 2.11. The highest BCUT2D eigenvalue weighted by Crippen LogP contribution is 2.24. The lowest BCUT2D eigenvalue weighted by Gasteiger charge is -2.13. The van der Waals surface area contributed by atoms with Crippen LogP contribution in [0.4, 0.5) is 5.69 Å². The first-order chi connectivity index (χ1) is 7.95. The third-order valence-corrected chi connectivity index (χ3v) is 3.07. The molecule has 0 saturated carbocycles. The molecule has 1 N–H and O–H groups in total. The van der Waals surface area contributed by atoms with Crippen LogP contribution in [0.2, 0.25) is 5.02 Å². The van der Waals surface area contributed by atoms with Gasteiger partial charge in [-0.3, -0.25) is 0 Å². The van der Waals surface area contributed by atoms with Crippen LogP contribution in [0.3, 0.4) is 0 Å². The Bertz CT molecular complexity index is 446. The van der Waals surface area contributed by atoms with Gasteiger partial charge in [0.15, 0.2) is 0 Å². The van der Waals surface area contributed by atoms with Crippen molar-refractivity contribution in [1.82, 2.24) is 0 Å². The zero-order valence-electron chi connectivity index (χ0n) is 9.91. The molecule has 1 aromatic rings. The Labute approximate surface area is 111 Å². The van der Waals surface area contributed by atoms with E-state index in [4.69, 9.17) is 23.8 Å². The molecule has 0 heterocycles. The van der Waals surface area contributed by atoms with Gasteiger partial charge in [-0.25, -0.2) is 4.79 Å². The van der Waals surface area contributed by atoms with Gasteiger partial charge in [0.25, 0.3) is 0 Å². The van der Waals surface area contributed by atoms with E-state index in [-0.39, 0.29) is 5.92 Å². The van der Waals surface area contributed by atoms with Gasteiger partial charge in [0.1, 0.15) is 0 Å². The number of nitrogens with one attached hydrogen (secondary N) is 1. The van der Waals surface area contributed by atoms with Crippen LogP contribution in [0, 0.1) is 5.92 Å². The molecule has 0 radical (unpaired) electrons. The predicted molar refractivity (Wildman–Crippen MR) is 73.9 cm³/mol. The predicted octanol–water partition coefficient (Wildman–Crippen LogP) is 3.52. The smallest absolute Gasteiger partial charge is 0.337 e. The Hall–Kier alpha value is -1.13. The number of thiocarbonyl (C=S) groups is 1. The van der Waals surface area contributed by atoms with E-state index in [1.807, 2.05) is 13.8 Å². The second-order valence-electron chi connectivity index (χ2n) is 3.83. The average Bonchev–Trinajstić information content (AvgIpc) is 2.30. The largest absolute Gasteiger partial charge is 0.465 e. The summed E-state index contributed by atoms with van der Waals surface area (Å²) in [6.07, 6.45) is 0. The summed E-state index contributed by atoms with van der Waals surface area (Å²) in [6.45, 7) is 3.96. The highest BCUT2D eigenvalue weighted by atomic mass is 35.5. The zero-order valence-corrected chi connectivity index (χ0v) is 11.5. The first kappa shape index (κ1) is 13.9. The van der Waals surface area contributed by atoms with Crippen molar-refractivity contribution in [3.05, 3.63) is 28.8 Å². The number of rotatable bonds is 3. The van der Waals surface area contributed by atoms with Gasteiger partial charge in [0.05, 0.1) is 28.4 Å². The van der Waals surface area contributed by atoms with Crippen LogP contribution < -0.4 is 5.32 Å². The quantitative estimate of drug-likeness (QED) is 0.674. The molecule has 0 aliphatic heterocycles. The Morgan fingerprint density at radius 3 is 2.65 bits per heavy atom. The van der Waals surface area contributed by atoms with Crippen LogP contribution in [-0.4, -0.2) is 18.1 Å². The SMILES string of the molecule is COC(=O)c1ccc(Cl)c(NC(=S)C(C)C)c1. The fourth-order valence-electron chi connectivity index (χ4n) is 1.14. The number of halogens is 1. The number of esters is 1. The minimum atomic E-state index is -0.403. The molecule has 5 heteroatoms. The molecule has 1 rings (SSSR count). The summed E-state index contributed by atoms with van der Waals surface area (Å²) in [6, 6.07) is 4.87. The summed E-state index contributed by atoms with van der Waals surface area (Å²) in [5, 5.41) is 3.54. The maximum atomic E-state index is 11.4. The number of anilines is 1. The van der Waals surface area contributed by atoms with E-state index in [9.17, 15) is 4.79 Å². The molecule has 1 aromatic carbocycles. The number of benzene rings is 1. The fourth-order valence-corrected chi connectivity index (χ4v) is 1.42. The Morgan fingerprint density at radius 1 is 1.47 bits per heavy atom. The van der Waals surface area contributed by atoms with Crippen LogP contribution in [0.25, 0.3) is 0 Å². The lowest BCUT2D eigenvalue weighted by molar-refractivity contribution is 0.0601. The van der Waals surface area contributed by atoms with E-state index >= 15 is 0 Å². The standard InChI is InChI=1S/C12H14ClNO2S/c1-7(2)11(17)14-10-6-8(12(15)16-3)4-5-9(10)13/h4-7H,1-3H3,(H,14,17). The van der Waals surface area contributed by atoms with Gasteiger partial charge >= 0.3 is 5.97 Å². The van der Waals surface area contributed by atoms with Gasteiger partial charge in [0, 0.05) is 5.92 Å². The maximum absolute atomic E-state index is 11.4. The second-order valence-corrected chi connectivity index (χ2v) is 4.68. The van der Waals surface area contributed by atoms with Gasteiger partial charge in [-0.05, 0) is 18.2 Å². The Morgan fingerprint density at radius 2 is 2.12 bits per heavy atom. The molecule has 92 valence electrons. The first-order valence-corrected chi connectivity index (χ1v) is 5.93. The summed E-state index contributed by atoms with van der Waals surface area (Å²) in [7, 11) is 1.34. The highest BCUT2D eigenvalue weighted by molar-refractivity contribution is 7.80. The third kappa shape index (κ3) is 3.68. The molecule has 0 aliphatic rings. The fraction of sp³-hybridized carbons (Fsp3) is 0.333. The van der Waals surface area contributed by atoms with Crippen molar-refractivity contribution in [2.24, 2.45) is 5.92 Å². The number of hydrogen-bond donors (Lipinski definition) is 1. The van der Waals surface area contributed by atoms with Crippen LogP contribution >= 0.6 is 23.8 Å². The number of carbonyl (C=O) groups excluding carboxylic acids is 1. The number of carbonyl (C=O) groups is 1. The molecule has 0 fully saturated rings. The van der Waals surface area contributed by atoms with Crippen molar-refractivity contribution >= 4 is 40.5 Å². The van der Waals surface area contributed by atoms with E-state index in [0.29, 0.717) is 21.3 Å². The molecule has 0 bridgehead atoms. The third-order valence-electron chi connectivity index (χ3n) is 2.17. The van der Waals surface area contributed by atoms with Gasteiger partial charge < -0.3 is 10.1 Å². The second kappa shape index (κ2) is 5.98. The molecule has 0 aliphatic carbocycles. The van der Waals surface area contributed by atoms with E-state index in [0.717, 1.165) is 0 Å². The zero-order chi connectivity index (χ0) is 13.0. The first-order valence-electron chi connectivity index (χ1n) is 5.14. The summed E-state index contributed by atoms with van der Waals surface area (Å²) in [4.78, 5) is 12.0. The normalized spacial score (nSPS) is 10.2. The molecule has 0 aromatic heterocycles. The molecular weight excluding hydrogens is 258 g/mol. The van der Waals surface area contributed by atoms with Gasteiger partial charge in [-0.15, -0.1) is 0 Å². The van der Waals surface area contributed by atoms with Crippen molar-refractivity contribution in [3.8, 4) is 0 Å². The van der Waals surface area contributed by atoms with Gasteiger partial charge in [-0.1, -0.05) is 37.7 Å². The number of hydrogen-bond acceptors (Lipinski definition) is 3. The van der Waals surface area contributed by atoms with E-state index in [1.165, 1.54) is 7.11 Å².